The number of carbonyl (C=O) groups excluding carboxylic acids is 1. The molecule has 0 unspecified atom stereocenters. The highest BCUT2D eigenvalue weighted by molar-refractivity contribution is 8.27. The van der Waals surface area contributed by atoms with E-state index < -0.39 is 0 Å². The zero-order chi connectivity index (χ0) is 18.0. The summed E-state index contributed by atoms with van der Waals surface area (Å²) in [5.41, 5.74) is 1.16. The zero-order valence-corrected chi connectivity index (χ0v) is 15.2. The number of methoxy groups -OCH3 is 2. The van der Waals surface area contributed by atoms with E-state index in [-0.39, 0.29) is 11.7 Å². The number of aromatic hydroxyl groups is 1. The molecule has 2 aromatic rings. The first-order valence-corrected chi connectivity index (χ1v) is 8.55. The first kappa shape index (κ1) is 17.3. The van der Waals surface area contributed by atoms with E-state index in [1.807, 2.05) is 0 Å². The van der Waals surface area contributed by atoms with E-state index in [1.54, 1.807) is 55.7 Å². The van der Waals surface area contributed by atoms with Crippen molar-refractivity contribution in [3.63, 3.8) is 0 Å². The molecule has 0 radical (unpaired) electrons. The van der Waals surface area contributed by atoms with Crippen molar-refractivity contribution >= 4 is 46.0 Å². The lowest BCUT2D eigenvalue weighted by atomic mass is 10.1. The van der Waals surface area contributed by atoms with Crippen molar-refractivity contribution in [2.45, 2.75) is 0 Å². The van der Waals surface area contributed by atoms with Gasteiger partial charge in [-0.15, -0.1) is 0 Å². The fourth-order valence-corrected chi connectivity index (χ4v) is 3.67. The van der Waals surface area contributed by atoms with Gasteiger partial charge in [-0.05, 0) is 36.4 Å². The van der Waals surface area contributed by atoms with Gasteiger partial charge in [-0.1, -0.05) is 36.1 Å². The van der Waals surface area contributed by atoms with Crippen molar-refractivity contribution < 1.29 is 19.4 Å². The number of hydrogen-bond acceptors (Lipinski definition) is 6. The molecule has 7 heteroatoms. The Labute approximate surface area is 154 Å². The van der Waals surface area contributed by atoms with Gasteiger partial charge >= 0.3 is 0 Å². The number of thiocarbonyl (C=S) groups is 1. The summed E-state index contributed by atoms with van der Waals surface area (Å²) >= 11 is 6.53. The molecule has 0 atom stereocenters. The third-order valence-corrected chi connectivity index (χ3v) is 4.96. The quantitative estimate of drug-likeness (QED) is 0.650. The molecule has 1 saturated heterocycles. The molecule has 0 bridgehead atoms. The molecular formula is C18H15NO4S2. The minimum absolute atomic E-state index is 0.0142. The first-order valence-electron chi connectivity index (χ1n) is 7.33. The number of carbonyl (C=O) groups is 1. The average Bonchev–Trinajstić information content (AvgIpc) is 2.90. The summed E-state index contributed by atoms with van der Waals surface area (Å²) in [6.45, 7) is 0. The molecule has 1 aliphatic heterocycles. The fourth-order valence-electron chi connectivity index (χ4n) is 2.38. The predicted octanol–water partition coefficient (Wildman–Crippen LogP) is 3.82. The maximum absolute atomic E-state index is 12.7. The monoisotopic (exact) mass is 373 g/mol. The van der Waals surface area contributed by atoms with Crippen LogP contribution in [0.2, 0.25) is 0 Å². The lowest BCUT2D eigenvalue weighted by Gasteiger charge is -2.14. The van der Waals surface area contributed by atoms with Crippen LogP contribution in [0.4, 0.5) is 5.69 Å². The maximum atomic E-state index is 12.7. The van der Waals surface area contributed by atoms with Crippen LogP contribution < -0.4 is 14.4 Å². The van der Waals surface area contributed by atoms with Gasteiger partial charge < -0.3 is 14.6 Å². The second kappa shape index (κ2) is 7.16. The van der Waals surface area contributed by atoms with Crippen molar-refractivity contribution in [1.82, 2.24) is 0 Å². The molecule has 1 heterocycles. The van der Waals surface area contributed by atoms with Crippen LogP contribution in [-0.4, -0.2) is 29.6 Å². The summed E-state index contributed by atoms with van der Waals surface area (Å²) in [5, 5.41) is 10.2. The number of phenolic OH excluding ortho intramolecular Hbond substituents is 1. The molecule has 0 aromatic heterocycles. The van der Waals surface area contributed by atoms with E-state index in [1.165, 1.54) is 23.8 Å². The van der Waals surface area contributed by atoms with E-state index >= 15 is 0 Å². The SMILES string of the molecule is COc1ccc(N2C(=O)C(=Cc3cccc(OC)c3O)SC2=S)cc1. The number of hydrogen-bond donors (Lipinski definition) is 1. The van der Waals surface area contributed by atoms with Crippen LogP contribution in [0.25, 0.3) is 6.08 Å². The van der Waals surface area contributed by atoms with Gasteiger partial charge in [-0.3, -0.25) is 9.69 Å². The van der Waals surface area contributed by atoms with Gasteiger partial charge in [0.15, 0.2) is 15.8 Å². The van der Waals surface area contributed by atoms with Gasteiger partial charge in [0.2, 0.25) is 0 Å². The number of para-hydroxylation sites is 1. The molecule has 25 heavy (non-hydrogen) atoms. The Morgan fingerprint density at radius 2 is 1.84 bits per heavy atom. The van der Waals surface area contributed by atoms with Crippen LogP contribution in [0.5, 0.6) is 17.2 Å². The molecule has 2 aromatic carbocycles. The largest absolute Gasteiger partial charge is 0.504 e. The van der Waals surface area contributed by atoms with Crippen LogP contribution in [0.1, 0.15) is 5.56 Å². The van der Waals surface area contributed by atoms with Crippen molar-refractivity contribution in [1.29, 1.82) is 0 Å². The summed E-state index contributed by atoms with van der Waals surface area (Å²) in [7, 11) is 3.06. The molecule has 1 N–H and O–H groups in total. The number of ether oxygens (including phenoxy) is 2. The molecule has 128 valence electrons. The highest BCUT2D eigenvalue weighted by Crippen LogP contribution is 2.38. The van der Waals surface area contributed by atoms with E-state index in [2.05, 4.69) is 0 Å². The molecule has 1 aliphatic rings. The predicted molar refractivity (Wildman–Crippen MR) is 103 cm³/mol. The van der Waals surface area contributed by atoms with Crippen LogP contribution in [-0.2, 0) is 4.79 Å². The summed E-state index contributed by atoms with van der Waals surface area (Å²) in [4.78, 5) is 14.6. The van der Waals surface area contributed by atoms with Gasteiger partial charge in [0, 0.05) is 5.56 Å². The Morgan fingerprint density at radius 1 is 1.12 bits per heavy atom. The zero-order valence-electron chi connectivity index (χ0n) is 13.6. The number of rotatable bonds is 4. The second-order valence-electron chi connectivity index (χ2n) is 5.11. The number of anilines is 1. The van der Waals surface area contributed by atoms with E-state index in [9.17, 15) is 9.90 Å². The fraction of sp³-hybridized carbons (Fsp3) is 0.111. The third-order valence-electron chi connectivity index (χ3n) is 3.66. The lowest BCUT2D eigenvalue weighted by molar-refractivity contribution is -0.113. The van der Waals surface area contributed by atoms with Gasteiger partial charge in [-0.25, -0.2) is 0 Å². The average molecular weight is 373 g/mol. The Morgan fingerprint density at radius 3 is 2.48 bits per heavy atom. The third kappa shape index (κ3) is 3.33. The minimum Gasteiger partial charge on any atom is -0.504 e. The Kier molecular flexibility index (Phi) is 4.96. The highest BCUT2D eigenvalue weighted by atomic mass is 32.2. The maximum Gasteiger partial charge on any atom is 0.270 e. The van der Waals surface area contributed by atoms with Gasteiger partial charge in [0.25, 0.3) is 5.91 Å². The van der Waals surface area contributed by atoms with Crippen LogP contribution >= 0.6 is 24.0 Å². The lowest BCUT2D eigenvalue weighted by Crippen LogP contribution is -2.27. The number of thioether (sulfide) groups is 1. The molecule has 5 nitrogen and oxygen atoms in total. The second-order valence-corrected chi connectivity index (χ2v) is 6.79. The van der Waals surface area contributed by atoms with Crippen molar-refractivity contribution in [2.24, 2.45) is 0 Å². The topological polar surface area (TPSA) is 59.0 Å². The van der Waals surface area contributed by atoms with E-state index in [4.69, 9.17) is 21.7 Å². The van der Waals surface area contributed by atoms with Gasteiger partial charge in [0.05, 0.1) is 24.8 Å². The Bertz CT molecular complexity index is 862. The minimum atomic E-state index is -0.234. The summed E-state index contributed by atoms with van der Waals surface area (Å²) in [6, 6.07) is 12.2. The van der Waals surface area contributed by atoms with Gasteiger partial charge in [-0.2, -0.15) is 0 Å². The van der Waals surface area contributed by atoms with E-state index in [0.29, 0.717) is 32.0 Å². The van der Waals surface area contributed by atoms with Crippen molar-refractivity contribution in [3.05, 3.63) is 52.9 Å². The first-order chi connectivity index (χ1) is 12.0. The number of benzene rings is 2. The molecule has 0 saturated carbocycles. The Hall–Kier alpha value is -2.51. The van der Waals surface area contributed by atoms with Crippen LogP contribution in [0.15, 0.2) is 47.4 Å². The van der Waals surface area contributed by atoms with Gasteiger partial charge in [0.1, 0.15) is 5.75 Å². The molecule has 0 spiro atoms. The smallest absolute Gasteiger partial charge is 0.270 e. The number of amides is 1. The number of phenols is 1. The molecular weight excluding hydrogens is 358 g/mol. The normalized spacial score (nSPS) is 15.8. The molecule has 3 rings (SSSR count). The van der Waals surface area contributed by atoms with Crippen LogP contribution in [0, 0.1) is 0 Å². The van der Waals surface area contributed by atoms with E-state index in [0.717, 1.165) is 0 Å². The highest BCUT2D eigenvalue weighted by Gasteiger charge is 2.33. The molecule has 1 fully saturated rings. The Balaban J connectivity index is 1.93. The standard InChI is InChI=1S/C18H15NO4S2/c1-22-13-8-6-12(7-9-13)19-17(21)15(25-18(19)24)10-11-4-3-5-14(23-2)16(11)20/h3-10,20H,1-2H3. The number of nitrogens with zero attached hydrogens (tertiary/aromatic N) is 1. The summed E-state index contributed by atoms with van der Waals surface area (Å²) in [6.07, 6.45) is 1.61. The summed E-state index contributed by atoms with van der Waals surface area (Å²) < 4.78 is 10.7. The molecule has 0 aliphatic carbocycles. The molecule has 1 amide bonds. The van der Waals surface area contributed by atoms with Crippen molar-refractivity contribution in [3.8, 4) is 17.2 Å². The summed E-state index contributed by atoms with van der Waals surface area (Å²) in [5.74, 6) is 0.799. The van der Waals surface area contributed by atoms with Crippen LogP contribution in [0.3, 0.4) is 0 Å². The van der Waals surface area contributed by atoms with Crippen molar-refractivity contribution in [2.75, 3.05) is 19.1 Å².